The standard InChI is InChI=1S/C27H21F3N2O2/c28-27(29,30)21-12-10-20(11-13-21)24-6-1-2-7-25(24)26(33)32-22-14-8-19(9-15-22)17-34-18-23-5-3-4-16-31-23/h1-16H,17-18H2,(H,32,33). The monoisotopic (exact) mass is 462 g/mol. The lowest BCUT2D eigenvalue weighted by Crippen LogP contribution is -2.13. The summed E-state index contributed by atoms with van der Waals surface area (Å²) in [6.45, 7) is 0.807. The number of carbonyl (C=O) groups excluding carboxylic acids is 1. The highest BCUT2D eigenvalue weighted by Gasteiger charge is 2.30. The number of ether oxygens (including phenoxy) is 1. The molecule has 1 amide bonds. The molecule has 0 aliphatic carbocycles. The van der Waals surface area contributed by atoms with Crippen LogP contribution in [0.15, 0.2) is 97.2 Å². The molecule has 0 aliphatic heterocycles. The third-order valence-electron chi connectivity index (χ3n) is 5.15. The highest BCUT2D eigenvalue weighted by Crippen LogP contribution is 2.32. The summed E-state index contributed by atoms with van der Waals surface area (Å²) in [5.41, 5.74) is 3.10. The summed E-state index contributed by atoms with van der Waals surface area (Å²) in [6, 6.07) is 24.5. The van der Waals surface area contributed by atoms with Crippen LogP contribution in [0.2, 0.25) is 0 Å². The molecule has 1 heterocycles. The van der Waals surface area contributed by atoms with Gasteiger partial charge in [-0.15, -0.1) is 0 Å². The number of nitrogens with zero attached hydrogens (tertiary/aromatic N) is 1. The van der Waals surface area contributed by atoms with Gasteiger partial charge in [0.05, 0.1) is 24.5 Å². The van der Waals surface area contributed by atoms with Crippen LogP contribution in [-0.2, 0) is 24.1 Å². The van der Waals surface area contributed by atoms with Crippen molar-refractivity contribution in [2.75, 3.05) is 5.32 Å². The Kier molecular flexibility index (Phi) is 7.04. The van der Waals surface area contributed by atoms with E-state index in [9.17, 15) is 18.0 Å². The molecule has 0 saturated heterocycles. The zero-order valence-corrected chi connectivity index (χ0v) is 18.0. The number of anilines is 1. The molecule has 0 unspecified atom stereocenters. The first-order valence-corrected chi connectivity index (χ1v) is 10.5. The maximum absolute atomic E-state index is 12.9. The van der Waals surface area contributed by atoms with Crippen molar-refractivity contribution in [2.24, 2.45) is 0 Å². The average molecular weight is 462 g/mol. The molecule has 4 nitrogen and oxygen atoms in total. The molecular weight excluding hydrogens is 441 g/mol. The Hall–Kier alpha value is -3.97. The predicted octanol–water partition coefficient (Wildman–Crippen LogP) is 6.74. The van der Waals surface area contributed by atoms with Gasteiger partial charge in [-0.2, -0.15) is 13.2 Å². The van der Waals surface area contributed by atoms with Gasteiger partial charge in [0.1, 0.15) is 0 Å². The van der Waals surface area contributed by atoms with Crippen LogP contribution in [0.3, 0.4) is 0 Å². The quantitative estimate of drug-likeness (QED) is 0.331. The van der Waals surface area contributed by atoms with E-state index in [2.05, 4.69) is 10.3 Å². The number of hydrogen-bond donors (Lipinski definition) is 1. The van der Waals surface area contributed by atoms with Crippen LogP contribution in [-0.4, -0.2) is 10.9 Å². The van der Waals surface area contributed by atoms with E-state index < -0.39 is 11.7 Å². The zero-order valence-electron chi connectivity index (χ0n) is 18.0. The highest BCUT2D eigenvalue weighted by molar-refractivity contribution is 6.08. The molecule has 0 aliphatic rings. The number of pyridine rings is 1. The van der Waals surface area contributed by atoms with Crippen molar-refractivity contribution in [1.29, 1.82) is 0 Å². The Balaban J connectivity index is 1.41. The van der Waals surface area contributed by atoms with E-state index in [0.29, 0.717) is 35.6 Å². The smallest absolute Gasteiger partial charge is 0.370 e. The Morgan fingerprint density at radius 3 is 2.21 bits per heavy atom. The third kappa shape index (κ3) is 5.88. The van der Waals surface area contributed by atoms with Gasteiger partial charge in [-0.25, -0.2) is 0 Å². The Bertz CT molecular complexity index is 1240. The number of aromatic nitrogens is 1. The van der Waals surface area contributed by atoms with Gasteiger partial charge in [-0.1, -0.05) is 48.5 Å². The van der Waals surface area contributed by atoms with E-state index in [1.54, 1.807) is 42.6 Å². The van der Waals surface area contributed by atoms with Crippen molar-refractivity contribution in [3.8, 4) is 11.1 Å². The molecule has 7 heteroatoms. The SMILES string of the molecule is O=C(Nc1ccc(COCc2ccccn2)cc1)c1ccccc1-c1ccc(C(F)(F)F)cc1. The van der Waals surface area contributed by atoms with Gasteiger partial charge >= 0.3 is 6.18 Å². The molecule has 172 valence electrons. The van der Waals surface area contributed by atoms with Crippen molar-refractivity contribution in [2.45, 2.75) is 19.4 Å². The molecule has 0 bridgehead atoms. The highest BCUT2D eigenvalue weighted by atomic mass is 19.4. The predicted molar refractivity (Wildman–Crippen MR) is 124 cm³/mol. The second-order valence-corrected chi connectivity index (χ2v) is 7.59. The molecule has 0 atom stereocenters. The lowest BCUT2D eigenvalue weighted by molar-refractivity contribution is -0.137. The number of halogens is 3. The van der Waals surface area contributed by atoms with Gasteiger partial charge in [0, 0.05) is 17.4 Å². The maximum Gasteiger partial charge on any atom is 0.416 e. The molecular formula is C27H21F3N2O2. The topological polar surface area (TPSA) is 51.2 Å². The molecule has 1 aromatic heterocycles. The molecule has 4 aromatic rings. The lowest BCUT2D eigenvalue weighted by atomic mass is 9.98. The second-order valence-electron chi connectivity index (χ2n) is 7.59. The van der Waals surface area contributed by atoms with Crippen LogP contribution in [0.25, 0.3) is 11.1 Å². The van der Waals surface area contributed by atoms with Crippen molar-refractivity contribution in [3.63, 3.8) is 0 Å². The summed E-state index contributed by atoms with van der Waals surface area (Å²) in [6.07, 6.45) is -2.70. The van der Waals surface area contributed by atoms with Crippen LogP contribution in [0.5, 0.6) is 0 Å². The summed E-state index contributed by atoms with van der Waals surface area (Å²) in [5.74, 6) is -0.352. The van der Waals surface area contributed by atoms with Crippen LogP contribution in [0.4, 0.5) is 18.9 Å². The Morgan fingerprint density at radius 2 is 1.53 bits per heavy atom. The number of rotatable bonds is 7. The van der Waals surface area contributed by atoms with E-state index in [4.69, 9.17) is 4.74 Å². The van der Waals surface area contributed by atoms with Crippen molar-refractivity contribution in [1.82, 2.24) is 4.98 Å². The Labute approximate surface area is 195 Å². The van der Waals surface area contributed by atoms with Gasteiger partial charge < -0.3 is 10.1 Å². The molecule has 34 heavy (non-hydrogen) atoms. The summed E-state index contributed by atoms with van der Waals surface area (Å²) in [4.78, 5) is 17.1. The number of amides is 1. The van der Waals surface area contributed by atoms with Crippen molar-refractivity contribution < 1.29 is 22.7 Å². The molecule has 0 fully saturated rings. The molecule has 0 spiro atoms. The van der Waals surface area contributed by atoms with Crippen molar-refractivity contribution in [3.05, 3.63) is 120 Å². The van der Waals surface area contributed by atoms with Gasteiger partial charge in [0.25, 0.3) is 5.91 Å². The summed E-state index contributed by atoms with van der Waals surface area (Å²) < 4.78 is 44.3. The number of nitrogens with one attached hydrogen (secondary N) is 1. The minimum atomic E-state index is -4.41. The number of benzene rings is 3. The largest absolute Gasteiger partial charge is 0.416 e. The van der Waals surface area contributed by atoms with Gasteiger partial charge in [-0.3, -0.25) is 9.78 Å². The average Bonchev–Trinajstić information content (AvgIpc) is 2.85. The van der Waals surface area contributed by atoms with E-state index >= 15 is 0 Å². The van der Waals surface area contributed by atoms with Crippen molar-refractivity contribution >= 4 is 11.6 Å². The first-order chi connectivity index (χ1) is 16.4. The minimum Gasteiger partial charge on any atom is -0.370 e. The maximum atomic E-state index is 12.9. The molecule has 1 N–H and O–H groups in total. The number of carbonyl (C=O) groups is 1. The second kappa shape index (κ2) is 10.3. The summed E-state index contributed by atoms with van der Waals surface area (Å²) in [7, 11) is 0. The normalized spacial score (nSPS) is 11.3. The van der Waals surface area contributed by atoms with E-state index in [-0.39, 0.29) is 5.91 Å². The van der Waals surface area contributed by atoms with E-state index in [1.807, 2.05) is 30.3 Å². The number of hydrogen-bond acceptors (Lipinski definition) is 3. The van der Waals surface area contributed by atoms with Crippen LogP contribution in [0.1, 0.15) is 27.2 Å². The van der Waals surface area contributed by atoms with Gasteiger partial charge in [0.15, 0.2) is 0 Å². The molecule has 4 rings (SSSR count). The summed E-state index contributed by atoms with van der Waals surface area (Å²) in [5, 5.41) is 2.84. The minimum absolute atomic E-state index is 0.352. The van der Waals surface area contributed by atoms with Crippen LogP contribution < -0.4 is 5.32 Å². The fourth-order valence-corrected chi connectivity index (χ4v) is 3.41. The lowest BCUT2D eigenvalue weighted by Gasteiger charge is -2.12. The third-order valence-corrected chi connectivity index (χ3v) is 5.15. The molecule has 3 aromatic carbocycles. The molecule has 0 radical (unpaired) electrons. The fourth-order valence-electron chi connectivity index (χ4n) is 3.41. The number of alkyl halides is 3. The van der Waals surface area contributed by atoms with E-state index in [0.717, 1.165) is 23.4 Å². The van der Waals surface area contributed by atoms with Crippen LogP contribution >= 0.6 is 0 Å². The molecule has 0 saturated carbocycles. The van der Waals surface area contributed by atoms with E-state index in [1.165, 1.54) is 12.1 Å². The summed E-state index contributed by atoms with van der Waals surface area (Å²) >= 11 is 0. The first-order valence-electron chi connectivity index (χ1n) is 10.5. The fraction of sp³-hybridized carbons (Fsp3) is 0.111. The van der Waals surface area contributed by atoms with Gasteiger partial charge in [-0.05, 0) is 59.2 Å². The van der Waals surface area contributed by atoms with Gasteiger partial charge in [0.2, 0.25) is 0 Å². The Morgan fingerprint density at radius 1 is 0.824 bits per heavy atom. The van der Waals surface area contributed by atoms with Crippen LogP contribution in [0, 0.1) is 0 Å². The first kappa shape index (κ1) is 23.2. The zero-order chi connectivity index (χ0) is 24.0.